The molecule has 3 rings (SSSR count). The molecular formula is C16H16F2N4O. The van der Waals surface area contributed by atoms with Gasteiger partial charge in [-0.15, -0.1) is 0 Å². The summed E-state index contributed by atoms with van der Waals surface area (Å²) in [4.78, 5) is 12.1. The van der Waals surface area contributed by atoms with Gasteiger partial charge in [0.2, 0.25) is 5.82 Å². The molecule has 0 aliphatic carbocycles. The van der Waals surface area contributed by atoms with Gasteiger partial charge >= 0.3 is 0 Å². The molecule has 0 saturated heterocycles. The van der Waals surface area contributed by atoms with Gasteiger partial charge in [0.05, 0.1) is 11.9 Å². The van der Waals surface area contributed by atoms with E-state index in [1.165, 1.54) is 18.2 Å². The molecular weight excluding hydrogens is 302 g/mol. The largest absolute Gasteiger partial charge is 0.332 e. The molecule has 0 aromatic carbocycles. The fourth-order valence-electron chi connectivity index (χ4n) is 1.86. The van der Waals surface area contributed by atoms with E-state index in [9.17, 15) is 8.78 Å². The molecule has 120 valence electrons. The van der Waals surface area contributed by atoms with Crippen LogP contribution in [-0.2, 0) is 0 Å². The van der Waals surface area contributed by atoms with E-state index >= 15 is 0 Å². The zero-order chi connectivity index (χ0) is 17.0. The van der Waals surface area contributed by atoms with Crippen molar-refractivity contribution in [2.45, 2.75) is 27.7 Å². The number of hydrogen-bond donors (Lipinski definition) is 0. The van der Waals surface area contributed by atoms with Gasteiger partial charge in [-0.3, -0.25) is 0 Å². The molecule has 0 aliphatic heterocycles. The van der Waals surface area contributed by atoms with E-state index in [1.807, 2.05) is 13.8 Å². The lowest BCUT2D eigenvalue weighted by atomic mass is 10.2. The van der Waals surface area contributed by atoms with E-state index in [1.54, 1.807) is 13.8 Å². The summed E-state index contributed by atoms with van der Waals surface area (Å²) < 4.78 is 31.5. The van der Waals surface area contributed by atoms with E-state index in [0.717, 1.165) is 6.20 Å². The SMILES string of the molecule is CC.Cc1cc(-c2noc(-c3ccc(F)cn3)n2)nc(C)c1F. The maximum absolute atomic E-state index is 13.6. The number of nitrogens with zero attached hydrogens (tertiary/aromatic N) is 4. The highest BCUT2D eigenvalue weighted by atomic mass is 19.1. The summed E-state index contributed by atoms with van der Waals surface area (Å²) >= 11 is 0. The lowest BCUT2D eigenvalue weighted by Gasteiger charge is -2.01. The van der Waals surface area contributed by atoms with Crippen LogP contribution < -0.4 is 0 Å². The molecule has 7 heteroatoms. The van der Waals surface area contributed by atoms with E-state index < -0.39 is 5.82 Å². The quantitative estimate of drug-likeness (QED) is 0.711. The van der Waals surface area contributed by atoms with Gasteiger partial charge in [-0.2, -0.15) is 4.98 Å². The lowest BCUT2D eigenvalue weighted by Crippen LogP contribution is -1.96. The first-order valence-corrected chi connectivity index (χ1v) is 7.14. The third-order valence-corrected chi connectivity index (χ3v) is 2.91. The van der Waals surface area contributed by atoms with Crippen LogP contribution in [0.15, 0.2) is 28.9 Å². The number of halogens is 2. The van der Waals surface area contributed by atoms with Crippen LogP contribution in [0.5, 0.6) is 0 Å². The van der Waals surface area contributed by atoms with Crippen LogP contribution in [0.25, 0.3) is 23.1 Å². The van der Waals surface area contributed by atoms with Crippen molar-refractivity contribution in [2.24, 2.45) is 0 Å². The number of hydrogen-bond acceptors (Lipinski definition) is 5. The maximum atomic E-state index is 13.6. The molecule has 0 fully saturated rings. The van der Waals surface area contributed by atoms with Gasteiger partial charge in [-0.25, -0.2) is 18.7 Å². The standard InChI is InChI=1S/C14H10F2N4O.C2H6/c1-7-5-11(18-8(2)12(7)16)13-19-14(21-20-13)10-4-3-9(15)6-17-10;1-2/h3-6H,1-2H3;1-2H3. The van der Waals surface area contributed by atoms with E-state index in [0.29, 0.717) is 17.0 Å². The van der Waals surface area contributed by atoms with E-state index in [-0.39, 0.29) is 23.2 Å². The minimum absolute atomic E-state index is 0.145. The summed E-state index contributed by atoms with van der Waals surface area (Å²) in [5, 5.41) is 3.79. The van der Waals surface area contributed by atoms with Crippen LogP contribution in [0, 0.1) is 25.5 Å². The first-order chi connectivity index (χ1) is 11.0. The Morgan fingerprint density at radius 2 is 1.74 bits per heavy atom. The van der Waals surface area contributed by atoms with Crippen molar-refractivity contribution in [1.82, 2.24) is 20.1 Å². The average Bonchev–Trinajstić information content (AvgIpc) is 3.05. The van der Waals surface area contributed by atoms with Crippen molar-refractivity contribution in [3.05, 3.63) is 47.3 Å². The van der Waals surface area contributed by atoms with Gasteiger partial charge in [0.25, 0.3) is 5.89 Å². The zero-order valence-corrected chi connectivity index (χ0v) is 13.3. The molecule has 3 aromatic heterocycles. The van der Waals surface area contributed by atoms with Gasteiger partial charge in [0.15, 0.2) is 0 Å². The molecule has 0 aliphatic rings. The van der Waals surface area contributed by atoms with Crippen LogP contribution in [0.2, 0.25) is 0 Å². The van der Waals surface area contributed by atoms with Gasteiger partial charge in [0.1, 0.15) is 23.0 Å². The van der Waals surface area contributed by atoms with Crippen molar-refractivity contribution >= 4 is 0 Å². The van der Waals surface area contributed by atoms with Gasteiger partial charge in [-0.05, 0) is 37.6 Å². The third-order valence-electron chi connectivity index (χ3n) is 2.91. The topological polar surface area (TPSA) is 64.7 Å². The van der Waals surface area contributed by atoms with Crippen LogP contribution in [0.4, 0.5) is 8.78 Å². The van der Waals surface area contributed by atoms with E-state index in [4.69, 9.17) is 4.52 Å². The van der Waals surface area contributed by atoms with Crippen molar-refractivity contribution < 1.29 is 13.3 Å². The molecule has 0 N–H and O–H groups in total. The van der Waals surface area contributed by atoms with Crippen molar-refractivity contribution in [1.29, 1.82) is 0 Å². The van der Waals surface area contributed by atoms with Crippen LogP contribution >= 0.6 is 0 Å². The lowest BCUT2D eigenvalue weighted by molar-refractivity contribution is 0.430. The summed E-state index contributed by atoms with van der Waals surface area (Å²) in [6, 6.07) is 4.22. The highest BCUT2D eigenvalue weighted by molar-refractivity contribution is 5.55. The summed E-state index contributed by atoms with van der Waals surface area (Å²) in [5.41, 5.74) is 1.47. The second-order valence-corrected chi connectivity index (χ2v) is 4.51. The number of aromatic nitrogens is 4. The molecule has 5 nitrogen and oxygen atoms in total. The molecule has 0 saturated carbocycles. The Hall–Kier alpha value is -2.70. The predicted molar refractivity (Wildman–Crippen MR) is 81.5 cm³/mol. The normalized spacial score (nSPS) is 10.2. The molecule has 0 unspecified atom stereocenters. The summed E-state index contributed by atoms with van der Waals surface area (Å²) in [5.74, 6) is -0.443. The summed E-state index contributed by atoms with van der Waals surface area (Å²) in [6.45, 7) is 7.20. The van der Waals surface area contributed by atoms with Gasteiger partial charge < -0.3 is 4.52 Å². The van der Waals surface area contributed by atoms with Crippen LogP contribution in [-0.4, -0.2) is 20.1 Å². The molecule has 0 spiro atoms. The minimum atomic E-state index is -0.454. The summed E-state index contributed by atoms with van der Waals surface area (Å²) in [6.07, 6.45) is 1.06. The first kappa shape index (κ1) is 16.7. The molecule has 3 aromatic rings. The molecule has 23 heavy (non-hydrogen) atoms. The fourth-order valence-corrected chi connectivity index (χ4v) is 1.86. The Balaban J connectivity index is 0.000000924. The van der Waals surface area contributed by atoms with Crippen LogP contribution in [0.3, 0.4) is 0 Å². The molecule has 0 bridgehead atoms. The highest BCUT2D eigenvalue weighted by Gasteiger charge is 2.15. The van der Waals surface area contributed by atoms with Crippen LogP contribution in [0.1, 0.15) is 25.1 Å². The molecule has 3 heterocycles. The minimum Gasteiger partial charge on any atom is -0.332 e. The highest BCUT2D eigenvalue weighted by Crippen LogP contribution is 2.22. The third kappa shape index (κ3) is 3.56. The van der Waals surface area contributed by atoms with E-state index in [2.05, 4.69) is 20.1 Å². The Labute approximate surface area is 132 Å². The monoisotopic (exact) mass is 318 g/mol. The molecule has 0 amide bonds. The predicted octanol–water partition coefficient (Wildman–Crippen LogP) is 4.11. The molecule has 0 atom stereocenters. The Morgan fingerprint density at radius 3 is 2.35 bits per heavy atom. The second kappa shape index (κ2) is 7.04. The maximum Gasteiger partial charge on any atom is 0.276 e. The average molecular weight is 318 g/mol. The number of aryl methyl sites for hydroxylation is 2. The van der Waals surface area contributed by atoms with Crippen molar-refractivity contribution in [3.8, 4) is 23.1 Å². The second-order valence-electron chi connectivity index (χ2n) is 4.51. The number of rotatable bonds is 2. The van der Waals surface area contributed by atoms with Crippen molar-refractivity contribution in [3.63, 3.8) is 0 Å². The zero-order valence-electron chi connectivity index (χ0n) is 13.3. The Kier molecular flexibility index (Phi) is 5.10. The summed E-state index contributed by atoms with van der Waals surface area (Å²) in [7, 11) is 0. The van der Waals surface area contributed by atoms with Gasteiger partial charge in [0, 0.05) is 0 Å². The van der Waals surface area contributed by atoms with Gasteiger partial charge in [-0.1, -0.05) is 19.0 Å². The Morgan fingerprint density at radius 1 is 1.00 bits per heavy atom. The Bertz CT molecular complexity index is 777. The smallest absolute Gasteiger partial charge is 0.276 e. The molecule has 0 radical (unpaired) electrons. The fraction of sp³-hybridized carbons (Fsp3) is 0.250. The first-order valence-electron chi connectivity index (χ1n) is 7.14. The number of pyridine rings is 2. The van der Waals surface area contributed by atoms with Crippen molar-refractivity contribution in [2.75, 3.05) is 0 Å².